The number of rotatable bonds is 6. The van der Waals surface area contributed by atoms with Gasteiger partial charge in [0.25, 0.3) is 0 Å². The molecule has 0 amide bonds. The maximum atomic E-state index is 6.54. The summed E-state index contributed by atoms with van der Waals surface area (Å²) in [6, 6.07) is 0. The van der Waals surface area contributed by atoms with E-state index in [-0.39, 0.29) is 0 Å². The predicted octanol–water partition coefficient (Wildman–Crippen LogP) is 6.23. The Bertz CT molecular complexity index is 381. The molecule has 24 heavy (non-hydrogen) atoms. The molecule has 2 unspecified atom stereocenters. The molecule has 0 aromatic carbocycles. The Balaban J connectivity index is 1.88. The van der Waals surface area contributed by atoms with Gasteiger partial charge >= 0.3 is 0 Å². The van der Waals surface area contributed by atoms with Crippen LogP contribution in [0.1, 0.15) is 93.4 Å². The number of hydrogen-bond acceptors (Lipinski definition) is 2. The maximum absolute atomic E-state index is 6.54. The quantitative estimate of drug-likeness (QED) is 0.571. The summed E-state index contributed by atoms with van der Waals surface area (Å²) >= 11 is 0. The highest BCUT2D eigenvalue weighted by Gasteiger charge is 2.44. The molecule has 2 atom stereocenters. The molecule has 0 N–H and O–H groups in total. The highest BCUT2D eigenvalue weighted by Crippen LogP contribution is 2.48. The van der Waals surface area contributed by atoms with Gasteiger partial charge in [0.1, 0.15) is 0 Å². The molecule has 0 spiro atoms. The normalized spacial score (nSPS) is 32.6. The predicted molar refractivity (Wildman–Crippen MR) is 102 cm³/mol. The van der Waals surface area contributed by atoms with Gasteiger partial charge in [-0.1, -0.05) is 48.0 Å². The average molecular weight is 339 g/mol. The van der Waals surface area contributed by atoms with Crippen molar-refractivity contribution in [2.24, 2.45) is 22.2 Å². The molecule has 0 aromatic heterocycles. The minimum atomic E-state index is 0.307. The summed E-state index contributed by atoms with van der Waals surface area (Å²) in [4.78, 5) is 0. The van der Waals surface area contributed by atoms with Crippen molar-refractivity contribution in [3.05, 3.63) is 0 Å². The average Bonchev–Trinajstić information content (AvgIpc) is 2.40. The molecule has 2 aliphatic carbocycles. The molecule has 0 radical (unpaired) electrons. The first-order valence-corrected chi connectivity index (χ1v) is 10.3. The first-order valence-electron chi connectivity index (χ1n) is 10.3. The lowest BCUT2D eigenvalue weighted by Gasteiger charge is -2.49. The Morgan fingerprint density at radius 2 is 1.50 bits per heavy atom. The molecule has 2 nitrogen and oxygen atoms in total. The monoisotopic (exact) mass is 338 g/mol. The van der Waals surface area contributed by atoms with E-state index in [9.17, 15) is 0 Å². The van der Waals surface area contributed by atoms with Crippen LogP contribution in [-0.2, 0) is 9.47 Å². The molecule has 2 saturated carbocycles. The van der Waals surface area contributed by atoms with Gasteiger partial charge in [-0.05, 0) is 67.6 Å². The van der Waals surface area contributed by atoms with Gasteiger partial charge in [0, 0.05) is 13.2 Å². The van der Waals surface area contributed by atoms with E-state index in [1.165, 1.54) is 44.9 Å². The van der Waals surface area contributed by atoms with Crippen molar-refractivity contribution in [2.45, 2.75) is 106 Å². The van der Waals surface area contributed by atoms with E-state index < -0.39 is 0 Å². The number of hydrogen-bond donors (Lipinski definition) is 0. The second-order valence-electron chi connectivity index (χ2n) is 10.6. The van der Waals surface area contributed by atoms with Gasteiger partial charge in [-0.2, -0.15) is 0 Å². The summed E-state index contributed by atoms with van der Waals surface area (Å²) < 4.78 is 12.5. The molecule has 2 fully saturated rings. The van der Waals surface area contributed by atoms with Crippen LogP contribution in [0.5, 0.6) is 0 Å². The van der Waals surface area contributed by atoms with Crippen LogP contribution in [-0.4, -0.2) is 25.4 Å². The lowest BCUT2D eigenvalue weighted by molar-refractivity contribution is -0.125. The van der Waals surface area contributed by atoms with Crippen molar-refractivity contribution < 1.29 is 9.47 Å². The molecule has 0 aliphatic heterocycles. The minimum absolute atomic E-state index is 0.307. The molecular weight excluding hydrogens is 296 g/mol. The molecule has 0 heterocycles. The van der Waals surface area contributed by atoms with E-state index in [0.29, 0.717) is 28.5 Å². The van der Waals surface area contributed by atoms with Gasteiger partial charge in [0.05, 0.1) is 12.2 Å². The molecule has 0 saturated heterocycles. The summed E-state index contributed by atoms with van der Waals surface area (Å²) in [5, 5.41) is 0. The maximum Gasteiger partial charge on any atom is 0.0676 e. The number of ether oxygens (including phenoxy) is 2. The summed E-state index contributed by atoms with van der Waals surface area (Å²) in [6.07, 6.45) is 9.71. The van der Waals surface area contributed by atoms with Crippen molar-refractivity contribution in [1.82, 2.24) is 0 Å². The highest BCUT2D eigenvalue weighted by molar-refractivity contribution is 4.94. The van der Waals surface area contributed by atoms with Crippen molar-refractivity contribution in [3.8, 4) is 0 Å². The van der Waals surface area contributed by atoms with Gasteiger partial charge < -0.3 is 9.47 Å². The van der Waals surface area contributed by atoms with E-state index in [2.05, 4.69) is 48.5 Å². The molecule has 2 heteroatoms. The van der Waals surface area contributed by atoms with E-state index in [0.717, 1.165) is 19.1 Å². The highest BCUT2D eigenvalue weighted by atomic mass is 16.5. The van der Waals surface area contributed by atoms with Gasteiger partial charge in [-0.15, -0.1) is 0 Å². The van der Waals surface area contributed by atoms with Crippen molar-refractivity contribution in [3.63, 3.8) is 0 Å². The molecule has 0 bridgehead atoms. The van der Waals surface area contributed by atoms with Crippen LogP contribution < -0.4 is 0 Å². The van der Waals surface area contributed by atoms with E-state index in [1.807, 2.05) is 0 Å². The van der Waals surface area contributed by atoms with Crippen LogP contribution in [0.25, 0.3) is 0 Å². The van der Waals surface area contributed by atoms with E-state index >= 15 is 0 Å². The fourth-order valence-electron chi connectivity index (χ4n) is 5.73. The zero-order chi connectivity index (χ0) is 18.0. The van der Waals surface area contributed by atoms with Gasteiger partial charge in [0.15, 0.2) is 0 Å². The van der Waals surface area contributed by atoms with Crippen molar-refractivity contribution >= 4 is 0 Å². The van der Waals surface area contributed by atoms with Gasteiger partial charge in [0.2, 0.25) is 0 Å². The SMILES string of the molecule is CCOC1CC(CCOC2C(C)(C)CCCC2(C)C)CC(C)(C)C1. The Hall–Kier alpha value is -0.0800. The van der Waals surface area contributed by atoms with Crippen molar-refractivity contribution in [2.75, 3.05) is 13.2 Å². The van der Waals surface area contributed by atoms with Crippen LogP contribution in [0.15, 0.2) is 0 Å². The van der Waals surface area contributed by atoms with Gasteiger partial charge in [-0.3, -0.25) is 0 Å². The van der Waals surface area contributed by atoms with Gasteiger partial charge in [-0.25, -0.2) is 0 Å². The second-order valence-corrected chi connectivity index (χ2v) is 10.6. The lowest BCUT2D eigenvalue weighted by atomic mass is 9.63. The lowest BCUT2D eigenvalue weighted by Crippen LogP contribution is -2.47. The largest absolute Gasteiger partial charge is 0.378 e. The summed E-state index contributed by atoms with van der Waals surface area (Å²) in [5.74, 6) is 0.750. The Morgan fingerprint density at radius 1 is 0.875 bits per heavy atom. The third-order valence-electron chi connectivity index (χ3n) is 6.49. The second kappa shape index (κ2) is 7.66. The van der Waals surface area contributed by atoms with E-state index in [4.69, 9.17) is 9.47 Å². The first kappa shape index (κ1) is 20.2. The fraction of sp³-hybridized carbons (Fsp3) is 1.00. The zero-order valence-corrected chi connectivity index (χ0v) is 17.4. The molecule has 2 rings (SSSR count). The van der Waals surface area contributed by atoms with Crippen LogP contribution in [0.2, 0.25) is 0 Å². The topological polar surface area (TPSA) is 18.5 Å². The Kier molecular flexibility index (Phi) is 6.46. The third-order valence-corrected chi connectivity index (χ3v) is 6.49. The van der Waals surface area contributed by atoms with Crippen LogP contribution >= 0.6 is 0 Å². The molecule has 0 aromatic rings. The Morgan fingerprint density at radius 3 is 2.08 bits per heavy atom. The summed E-state index contributed by atoms with van der Waals surface area (Å²) in [5.41, 5.74) is 1.02. The fourth-order valence-corrected chi connectivity index (χ4v) is 5.73. The summed E-state index contributed by atoms with van der Waals surface area (Å²) in [6.45, 7) is 18.3. The van der Waals surface area contributed by atoms with Crippen LogP contribution in [0.4, 0.5) is 0 Å². The third kappa shape index (κ3) is 5.21. The smallest absolute Gasteiger partial charge is 0.0676 e. The zero-order valence-electron chi connectivity index (χ0n) is 17.4. The van der Waals surface area contributed by atoms with Crippen molar-refractivity contribution in [1.29, 1.82) is 0 Å². The standard InChI is InChI=1S/C22H42O2/c1-8-23-18-14-17(15-20(2,3)16-18)10-13-24-19-21(4,5)11-9-12-22(19,6)7/h17-19H,8-16H2,1-7H3. The molecular formula is C22H42O2. The minimum Gasteiger partial charge on any atom is -0.378 e. The summed E-state index contributed by atoms with van der Waals surface area (Å²) in [7, 11) is 0. The molecule has 2 aliphatic rings. The first-order chi connectivity index (χ1) is 11.1. The Labute approximate surface area is 151 Å². The van der Waals surface area contributed by atoms with E-state index in [1.54, 1.807) is 0 Å². The molecule has 142 valence electrons. The van der Waals surface area contributed by atoms with Crippen LogP contribution in [0, 0.1) is 22.2 Å². The van der Waals surface area contributed by atoms with Crippen LogP contribution in [0.3, 0.4) is 0 Å².